The van der Waals surface area contributed by atoms with Crippen LogP contribution in [0.4, 0.5) is 0 Å². The maximum Gasteiger partial charge on any atom is 0.187 e. The van der Waals surface area contributed by atoms with Crippen molar-refractivity contribution in [2.75, 3.05) is 0 Å². The Bertz CT molecular complexity index is 382. The first-order chi connectivity index (χ1) is 9.50. The smallest absolute Gasteiger partial charge is 0.115 e. The van der Waals surface area contributed by atoms with E-state index in [9.17, 15) is 0 Å². The van der Waals surface area contributed by atoms with Gasteiger partial charge in [0.2, 0.25) is 0 Å². The zero-order chi connectivity index (χ0) is 19.5. The first-order valence-corrected chi connectivity index (χ1v) is 40.9. The normalized spacial score (nSPS) is 16.7. The van der Waals surface area contributed by atoms with Gasteiger partial charge in [-0.15, -0.1) is 91.8 Å². The lowest BCUT2D eigenvalue weighted by molar-refractivity contribution is 1.34. The third-order valence-corrected chi connectivity index (χ3v) is 119. The molecule has 0 spiro atoms. The van der Waals surface area contributed by atoms with Crippen LogP contribution in [0.2, 0.25) is 62.8 Å². The lowest BCUT2D eigenvalue weighted by Crippen LogP contribution is -2.82. The Morgan fingerprint density at radius 2 is 0.609 bits per heavy atom. The van der Waals surface area contributed by atoms with Gasteiger partial charge in [-0.2, -0.15) is 0 Å². The van der Waals surface area contributed by atoms with E-state index >= 15 is 0 Å². The molecule has 23 heavy (non-hydrogen) atoms. The Kier molecular flexibility index (Phi) is 9.42. The standard InChI is InChI=1S/C10H27Br6Si7/c1-18(2,21(7,11)12)10(17,19(3,4)22(8,13)14)20(5,6)23(9,15)16/h1-9H3. The zero-order valence-corrected chi connectivity index (χ0v) is 31.8. The number of hydrogen-bond donors (Lipinski definition) is 0. The van der Waals surface area contributed by atoms with Gasteiger partial charge >= 0.3 is 0 Å². The topological polar surface area (TPSA) is 0 Å². The maximum atomic E-state index is 4.64. The molecule has 0 fully saturated rings. The second-order valence-electron chi connectivity index (χ2n) is 8.29. The minimum atomic E-state index is -1.69. The van der Waals surface area contributed by atoms with Crippen LogP contribution in [0.5, 0.6) is 0 Å². The molecule has 0 aliphatic carbocycles. The molecule has 0 rings (SSSR count). The molecule has 0 amide bonds. The SMILES string of the molecule is C[Si](Br)(Br)[Si](C)(C)C([Si])([Si](C)(C)[Si](C)(Br)Br)[Si](C)(C)[Si](C)(Br)Br. The number of hydrogen-bond acceptors (Lipinski definition) is 0. The first-order valence-electron chi connectivity index (χ1n) is 7.38. The van der Waals surface area contributed by atoms with E-state index in [1.54, 1.807) is 0 Å². The van der Waals surface area contributed by atoms with Crippen LogP contribution in [0, 0.1) is 0 Å². The second kappa shape index (κ2) is 7.91. The largest absolute Gasteiger partial charge is 0.187 e. The van der Waals surface area contributed by atoms with Crippen molar-refractivity contribution in [3.8, 4) is 0 Å². The predicted octanol–water partition coefficient (Wildman–Crippen LogP) is 7.88. The van der Waals surface area contributed by atoms with Gasteiger partial charge in [0, 0.05) is 10.2 Å². The molecule has 0 atom stereocenters. The van der Waals surface area contributed by atoms with E-state index < -0.39 is 37.3 Å². The third-order valence-electron chi connectivity index (χ3n) is 6.10. The van der Waals surface area contributed by atoms with Gasteiger partial charge in [0.1, 0.15) is 0 Å². The highest BCUT2D eigenvalue weighted by atomic mass is 79.9. The minimum absolute atomic E-state index is 0.267. The molecule has 137 valence electrons. The molecule has 0 saturated carbocycles. The van der Waals surface area contributed by atoms with Crippen LogP contribution < -0.4 is 0 Å². The molecule has 0 aliphatic heterocycles. The molecule has 13 heteroatoms. The van der Waals surface area contributed by atoms with Crippen LogP contribution in [0.3, 0.4) is 0 Å². The lowest BCUT2D eigenvalue weighted by atomic mass is 11.7. The highest BCUT2D eigenvalue weighted by molar-refractivity contribution is 9.54. The summed E-state index contributed by atoms with van der Waals surface area (Å²) in [5, 5.41) is 0. The van der Waals surface area contributed by atoms with Crippen molar-refractivity contribution in [1.29, 1.82) is 0 Å². The Hall–Kier alpha value is 4.40. The number of rotatable bonds is 6. The van der Waals surface area contributed by atoms with Gasteiger partial charge in [0.25, 0.3) is 0 Å². The zero-order valence-electron chi connectivity index (χ0n) is 15.3. The third kappa shape index (κ3) is 4.61. The molecule has 3 radical (unpaired) electrons. The summed E-state index contributed by atoms with van der Waals surface area (Å²) in [5.74, 6) is 0. The van der Waals surface area contributed by atoms with Crippen molar-refractivity contribution in [2.24, 2.45) is 0 Å². The van der Waals surface area contributed by atoms with Crippen molar-refractivity contribution in [1.82, 2.24) is 0 Å². The quantitative estimate of drug-likeness (QED) is 0.189. The van der Waals surface area contributed by atoms with Crippen LogP contribution in [-0.4, -0.2) is 47.5 Å². The van der Waals surface area contributed by atoms with E-state index in [4.69, 9.17) is 0 Å². The molecule has 0 aromatic rings. The molecular weight excluding hydrogens is 796 g/mol. The van der Waals surface area contributed by atoms with Crippen molar-refractivity contribution in [3.05, 3.63) is 0 Å². The molecule has 0 heterocycles. The van der Waals surface area contributed by atoms with E-state index in [1.807, 2.05) is 0 Å². The summed E-state index contributed by atoms with van der Waals surface area (Å²) in [6.07, 6.45) is 0. The predicted molar refractivity (Wildman–Crippen MR) is 149 cm³/mol. The Morgan fingerprint density at radius 3 is 0.696 bits per heavy atom. The van der Waals surface area contributed by atoms with Gasteiger partial charge in [0.15, 0.2) is 14.5 Å². The summed E-state index contributed by atoms with van der Waals surface area (Å²) in [5.41, 5.74) is 0. The number of halogens is 6. The second-order valence-corrected chi connectivity index (χ2v) is 101. The van der Waals surface area contributed by atoms with Crippen molar-refractivity contribution in [2.45, 2.75) is 62.8 Å². The summed E-state index contributed by atoms with van der Waals surface area (Å²) >= 11 is 24.9. The van der Waals surface area contributed by atoms with Crippen molar-refractivity contribution >= 4 is 139 Å². The van der Waals surface area contributed by atoms with E-state index in [0.717, 1.165) is 0 Å². The molecule has 0 nitrogen and oxygen atoms in total. The highest BCUT2D eigenvalue weighted by Crippen LogP contribution is 2.62. The van der Waals surface area contributed by atoms with E-state index in [0.29, 0.717) is 0 Å². The van der Waals surface area contributed by atoms with Crippen LogP contribution in [-0.2, 0) is 0 Å². The van der Waals surface area contributed by atoms with Crippen molar-refractivity contribution < 1.29 is 0 Å². The van der Waals surface area contributed by atoms with Gasteiger partial charge in [-0.25, -0.2) is 0 Å². The van der Waals surface area contributed by atoms with Crippen LogP contribution in [0.25, 0.3) is 0 Å². The summed E-state index contributed by atoms with van der Waals surface area (Å²) in [6.45, 7) is 22.9. The fraction of sp³-hybridized carbons (Fsp3) is 1.00. The molecule has 0 saturated heterocycles. The van der Waals surface area contributed by atoms with Crippen LogP contribution in [0.15, 0.2) is 0 Å². The van der Waals surface area contributed by atoms with Gasteiger partial charge in [-0.05, 0) is 0 Å². The molecule has 0 aromatic heterocycles. The van der Waals surface area contributed by atoms with Crippen LogP contribution >= 0.6 is 91.8 Å². The maximum absolute atomic E-state index is 4.64. The molecule has 0 N–H and O–H groups in total. The molecule has 0 unspecified atom stereocenters. The summed E-state index contributed by atoms with van der Waals surface area (Å²) in [4.78, 5) is -4.95. The first kappa shape index (κ1) is 27.4. The van der Waals surface area contributed by atoms with Crippen LogP contribution in [0.1, 0.15) is 0 Å². The minimum Gasteiger partial charge on any atom is -0.115 e. The molecule has 0 aromatic carbocycles. The summed E-state index contributed by atoms with van der Waals surface area (Å²) in [7, 11) is -0.434. The van der Waals surface area contributed by atoms with E-state index in [-0.39, 0.29) is 3.91 Å². The van der Waals surface area contributed by atoms with Gasteiger partial charge in [-0.1, -0.05) is 62.8 Å². The monoisotopic (exact) mass is 817 g/mol. The fourth-order valence-corrected chi connectivity index (χ4v) is 116. The molecular formula is C10H27Br6Si7. The Balaban J connectivity index is 6.97. The average molecular weight is 823 g/mol. The summed E-state index contributed by atoms with van der Waals surface area (Å²) in [6, 6.07) is 0. The van der Waals surface area contributed by atoms with Gasteiger partial charge in [-0.3, -0.25) is 0 Å². The highest BCUT2D eigenvalue weighted by Gasteiger charge is 2.73. The van der Waals surface area contributed by atoms with Gasteiger partial charge in [0.05, 0.1) is 22.8 Å². The summed E-state index contributed by atoms with van der Waals surface area (Å²) < 4.78 is 0.267. The molecule has 0 bridgehead atoms. The fourth-order valence-electron chi connectivity index (χ4n) is 3.33. The Labute approximate surface area is 199 Å². The average Bonchev–Trinajstić information content (AvgIpc) is 2.22. The Morgan fingerprint density at radius 1 is 0.478 bits per heavy atom. The van der Waals surface area contributed by atoms with E-state index in [1.165, 1.54) is 0 Å². The van der Waals surface area contributed by atoms with E-state index in [2.05, 4.69) is 161 Å². The van der Waals surface area contributed by atoms with Crippen molar-refractivity contribution in [3.63, 3.8) is 0 Å². The van der Waals surface area contributed by atoms with Gasteiger partial charge < -0.3 is 0 Å². The lowest BCUT2D eigenvalue weighted by Gasteiger charge is -2.65. The molecule has 0 aliphatic rings.